The van der Waals surface area contributed by atoms with Crippen LogP contribution in [0.15, 0.2) is 42.9 Å². The maximum Gasteiger partial charge on any atom is 0.350 e. The van der Waals surface area contributed by atoms with Crippen LogP contribution in [0.1, 0.15) is 24.1 Å². The van der Waals surface area contributed by atoms with Crippen LogP contribution >= 0.6 is 0 Å². The number of amides is 1. The van der Waals surface area contributed by atoms with Gasteiger partial charge in [-0.25, -0.2) is 4.68 Å². The molecule has 1 atom stereocenters. The molecule has 1 unspecified atom stereocenters. The lowest BCUT2D eigenvalue weighted by Crippen LogP contribution is -2.23. The van der Waals surface area contributed by atoms with Crippen LogP contribution < -0.4 is 10.1 Å². The third-order valence-corrected chi connectivity index (χ3v) is 4.34. The average Bonchev–Trinajstić information content (AvgIpc) is 3.29. The number of ether oxygens (including phenoxy) is 1. The van der Waals surface area contributed by atoms with Gasteiger partial charge in [-0.15, -0.1) is 5.10 Å². The van der Waals surface area contributed by atoms with Gasteiger partial charge in [0, 0.05) is 6.20 Å². The second-order valence-corrected chi connectivity index (χ2v) is 6.28. The second-order valence-electron chi connectivity index (χ2n) is 6.28. The molecule has 0 saturated carbocycles. The molecule has 0 aliphatic rings. The van der Waals surface area contributed by atoms with E-state index in [-0.39, 0.29) is 17.5 Å². The van der Waals surface area contributed by atoms with Gasteiger partial charge in [0.05, 0.1) is 30.5 Å². The van der Waals surface area contributed by atoms with E-state index in [2.05, 4.69) is 15.5 Å². The van der Waals surface area contributed by atoms with Gasteiger partial charge in [-0.3, -0.25) is 19.6 Å². The summed E-state index contributed by atoms with van der Waals surface area (Å²) in [6.07, 6.45) is 4.45. The molecule has 10 nitrogen and oxygen atoms in total. The van der Waals surface area contributed by atoms with Crippen LogP contribution in [0.4, 0.5) is 11.4 Å². The Morgan fingerprint density at radius 1 is 1.36 bits per heavy atom. The Labute approximate surface area is 160 Å². The first-order chi connectivity index (χ1) is 13.4. The number of aryl methyl sites for hydroxylation is 1. The van der Waals surface area contributed by atoms with E-state index in [1.165, 1.54) is 18.0 Å². The Bertz CT molecular complexity index is 1010. The molecule has 1 N–H and O–H groups in total. The molecule has 146 valence electrons. The van der Waals surface area contributed by atoms with E-state index in [0.717, 1.165) is 11.1 Å². The first-order valence-corrected chi connectivity index (χ1v) is 8.54. The Balaban J connectivity index is 1.69. The van der Waals surface area contributed by atoms with Gasteiger partial charge in [0.25, 0.3) is 0 Å². The third kappa shape index (κ3) is 4.00. The molecule has 0 aliphatic heterocycles. The summed E-state index contributed by atoms with van der Waals surface area (Å²) < 4.78 is 7.81. The number of nitro groups is 1. The fourth-order valence-corrected chi connectivity index (χ4v) is 2.68. The quantitative estimate of drug-likeness (QED) is 0.494. The maximum absolute atomic E-state index is 12.5. The van der Waals surface area contributed by atoms with Crippen molar-refractivity contribution in [3.63, 3.8) is 0 Å². The number of methoxy groups -OCH3 is 1. The fraction of sp³-hybridized carbons (Fsp3) is 0.278. The molecule has 0 bridgehead atoms. The minimum absolute atomic E-state index is 0.143. The number of benzene rings is 1. The predicted molar refractivity (Wildman–Crippen MR) is 101 cm³/mol. The van der Waals surface area contributed by atoms with Gasteiger partial charge in [0.1, 0.15) is 12.2 Å². The van der Waals surface area contributed by atoms with Crippen LogP contribution in [0, 0.1) is 17.0 Å². The lowest BCUT2D eigenvalue weighted by Gasteiger charge is -2.11. The minimum Gasteiger partial charge on any atom is -0.475 e. The van der Waals surface area contributed by atoms with E-state index in [0.29, 0.717) is 12.2 Å². The molecule has 0 saturated heterocycles. The van der Waals surface area contributed by atoms with Crippen molar-refractivity contribution >= 4 is 17.3 Å². The van der Waals surface area contributed by atoms with Gasteiger partial charge in [0.2, 0.25) is 5.91 Å². The smallest absolute Gasteiger partial charge is 0.350 e. The number of rotatable bonds is 7. The highest BCUT2D eigenvalue weighted by Gasteiger charge is 2.25. The molecular weight excluding hydrogens is 364 g/mol. The number of aromatic nitrogens is 4. The lowest BCUT2D eigenvalue weighted by molar-refractivity contribution is -0.385. The average molecular weight is 384 g/mol. The van der Waals surface area contributed by atoms with Crippen LogP contribution in [-0.4, -0.2) is 37.5 Å². The Kier molecular flexibility index (Phi) is 5.39. The van der Waals surface area contributed by atoms with E-state index in [9.17, 15) is 14.9 Å². The molecule has 2 heterocycles. The fourth-order valence-electron chi connectivity index (χ4n) is 2.68. The molecule has 10 heteroatoms. The van der Waals surface area contributed by atoms with Crippen molar-refractivity contribution in [2.75, 3.05) is 12.4 Å². The van der Waals surface area contributed by atoms with Crippen molar-refractivity contribution in [2.45, 2.75) is 26.4 Å². The van der Waals surface area contributed by atoms with Crippen LogP contribution in [0.5, 0.6) is 5.88 Å². The summed E-state index contributed by atoms with van der Waals surface area (Å²) in [4.78, 5) is 22.9. The summed E-state index contributed by atoms with van der Waals surface area (Å²) >= 11 is 0. The SMILES string of the molecule is COc1nn(C(C)C(=O)Nc2cnn(Cc3ccccc3C)c2)cc1[N+](=O)[O-]. The molecule has 1 amide bonds. The summed E-state index contributed by atoms with van der Waals surface area (Å²) in [6.45, 7) is 4.20. The summed E-state index contributed by atoms with van der Waals surface area (Å²) in [5, 5.41) is 22.0. The van der Waals surface area contributed by atoms with Gasteiger partial charge >= 0.3 is 11.6 Å². The van der Waals surface area contributed by atoms with Gasteiger partial charge in [-0.05, 0) is 25.0 Å². The summed E-state index contributed by atoms with van der Waals surface area (Å²) in [5.74, 6) is -0.522. The standard InChI is InChI=1S/C18H20N6O4/c1-12-6-4-5-7-14(12)9-22-10-15(8-19-22)20-17(25)13(2)23-11-16(24(26)27)18(21-23)28-3/h4-8,10-11,13H,9H2,1-3H3,(H,20,25). The first kappa shape index (κ1) is 19.1. The molecule has 0 aliphatic carbocycles. The molecule has 3 aromatic rings. The molecular formula is C18H20N6O4. The van der Waals surface area contributed by atoms with Crippen LogP contribution in [0.25, 0.3) is 0 Å². The van der Waals surface area contributed by atoms with Gasteiger partial charge < -0.3 is 10.1 Å². The summed E-state index contributed by atoms with van der Waals surface area (Å²) in [5.41, 5.74) is 2.52. The van der Waals surface area contributed by atoms with Crippen molar-refractivity contribution in [3.05, 3.63) is 64.1 Å². The topological polar surface area (TPSA) is 117 Å². The first-order valence-electron chi connectivity index (χ1n) is 8.54. The normalized spacial score (nSPS) is 11.8. The number of nitrogens with one attached hydrogen (secondary N) is 1. The van der Waals surface area contributed by atoms with Crippen LogP contribution in [-0.2, 0) is 11.3 Å². The van der Waals surface area contributed by atoms with Crippen LogP contribution in [0.3, 0.4) is 0 Å². The Morgan fingerprint density at radius 2 is 2.11 bits per heavy atom. The molecule has 0 spiro atoms. The minimum atomic E-state index is -0.776. The zero-order chi connectivity index (χ0) is 20.3. The number of hydrogen-bond acceptors (Lipinski definition) is 6. The van der Waals surface area contributed by atoms with Gasteiger partial charge in [0.15, 0.2) is 0 Å². The Morgan fingerprint density at radius 3 is 2.75 bits per heavy atom. The molecule has 0 fully saturated rings. The van der Waals surface area contributed by atoms with Gasteiger partial charge in [-0.2, -0.15) is 5.10 Å². The Hall–Kier alpha value is -3.69. The molecule has 28 heavy (non-hydrogen) atoms. The van der Waals surface area contributed by atoms with Crippen LogP contribution in [0.2, 0.25) is 0 Å². The maximum atomic E-state index is 12.5. The highest BCUT2D eigenvalue weighted by molar-refractivity contribution is 5.93. The molecule has 2 aromatic heterocycles. The van der Waals surface area contributed by atoms with Crippen molar-refractivity contribution in [3.8, 4) is 5.88 Å². The number of carbonyl (C=O) groups is 1. The summed E-state index contributed by atoms with van der Waals surface area (Å²) in [6, 6.07) is 7.22. The van der Waals surface area contributed by atoms with Crippen molar-refractivity contribution in [1.82, 2.24) is 19.6 Å². The largest absolute Gasteiger partial charge is 0.475 e. The van der Waals surface area contributed by atoms with E-state index in [1.807, 2.05) is 31.2 Å². The molecule has 1 aromatic carbocycles. The molecule has 0 radical (unpaired) electrons. The second kappa shape index (κ2) is 7.91. The zero-order valence-electron chi connectivity index (χ0n) is 15.7. The third-order valence-electron chi connectivity index (χ3n) is 4.34. The van der Waals surface area contributed by atoms with E-state index in [1.54, 1.807) is 24.0 Å². The highest BCUT2D eigenvalue weighted by Crippen LogP contribution is 2.26. The van der Waals surface area contributed by atoms with E-state index in [4.69, 9.17) is 4.74 Å². The van der Waals surface area contributed by atoms with Crippen molar-refractivity contribution in [1.29, 1.82) is 0 Å². The van der Waals surface area contributed by atoms with Crippen molar-refractivity contribution in [2.24, 2.45) is 0 Å². The highest BCUT2D eigenvalue weighted by atomic mass is 16.6. The van der Waals surface area contributed by atoms with E-state index >= 15 is 0 Å². The van der Waals surface area contributed by atoms with Gasteiger partial charge in [-0.1, -0.05) is 24.3 Å². The number of carbonyl (C=O) groups excluding carboxylic acids is 1. The number of anilines is 1. The van der Waals surface area contributed by atoms with E-state index < -0.39 is 11.0 Å². The summed E-state index contributed by atoms with van der Waals surface area (Å²) in [7, 11) is 1.28. The lowest BCUT2D eigenvalue weighted by atomic mass is 10.1. The van der Waals surface area contributed by atoms with Crippen molar-refractivity contribution < 1.29 is 14.5 Å². The monoisotopic (exact) mass is 384 g/mol. The number of hydrogen-bond donors (Lipinski definition) is 1. The number of nitrogens with zero attached hydrogens (tertiary/aromatic N) is 5. The zero-order valence-corrected chi connectivity index (χ0v) is 15.7. The predicted octanol–water partition coefficient (Wildman–Crippen LogP) is 2.55. The molecule has 3 rings (SSSR count).